The number of anilines is 1. The molecule has 15 heteroatoms. The Morgan fingerprint density at radius 2 is 1.68 bits per heavy atom. The van der Waals surface area contributed by atoms with Gasteiger partial charge in [0.1, 0.15) is 35.4 Å². The number of thiophene rings is 1. The highest BCUT2D eigenvalue weighted by Gasteiger charge is 2.34. The quantitative estimate of drug-likeness (QED) is 0.136. The number of hydrogen-bond donors (Lipinski definition) is 1. The first-order valence-corrected chi connectivity index (χ1v) is 13.7. The van der Waals surface area contributed by atoms with Gasteiger partial charge in [-0.15, -0.1) is 37.7 Å². The first kappa shape index (κ1) is 30.6. The van der Waals surface area contributed by atoms with E-state index in [1.54, 1.807) is 0 Å². The first-order chi connectivity index (χ1) is 19.4. The number of halogens is 6. The van der Waals surface area contributed by atoms with E-state index in [1.165, 1.54) is 11.3 Å². The van der Waals surface area contributed by atoms with E-state index in [2.05, 4.69) is 24.8 Å². The van der Waals surface area contributed by atoms with Gasteiger partial charge in [-0.3, -0.25) is 0 Å². The van der Waals surface area contributed by atoms with Crippen molar-refractivity contribution in [1.29, 1.82) is 0 Å². The summed E-state index contributed by atoms with van der Waals surface area (Å²) in [6, 6.07) is 2.42. The number of nitrogens with one attached hydrogen (secondary N) is 1. The van der Waals surface area contributed by atoms with Crippen LogP contribution >= 0.6 is 11.3 Å². The summed E-state index contributed by atoms with van der Waals surface area (Å²) in [5, 5.41) is 3.77. The van der Waals surface area contributed by atoms with Crippen molar-refractivity contribution in [2.75, 3.05) is 18.5 Å². The fourth-order valence-corrected chi connectivity index (χ4v) is 5.58. The lowest BCUT2D eigenvalue weighted by Crippen LogP contribution is -2.19. The molecule has 3 aromatic rings. The van der Waals surface area contributed by atoms with Crippen molar-refractivity contribution in [3.63, 3.8) is 0 Å². The minimum atomic E-state index is -5.12. The molecule has 41 heavy (non-hydrogen) atoms. The largest absolute Gasteiger partial charge is 0.573 e. The average molecular weight is 608 g/mol. The molecule has 0 saturated carbocycles. The molecular formula is C26H27F6N3O5S. The van der Waals surface area contributed by atoms with Crippen LogP contribution in [-0.2, 0) is 40.3 Å². The molecule has 1 aliphatic rings. The summed E-state index contributed by atoms with van der Waals surface area (Å²) >= 11 is 1.49. The zero-order valence-electron chi connectivity index (χ0n) is 21.9. The van der Waals surface area contributed by atoms with Crippen LogP contribution in [0, 0.1) is 0 Å². The van der Waals surface area contributed by atoms with Crippen molar-refractivity contribution >= 4 is 33.3 Å². The fraction of sp³-hybridized carbons (Fsp3) is 0.500. The fourth-order valence-electron chi connectivity index (χ4n) is 4.30. The molecule has 8 nitrogen and oxygen atoms in total. The lowest BCUT2D eigenvalue weighted by atomic mass is 9.97. The Labute approximate surface area is 235 Å². The van der Waals surface area contributed by atoms with Crippen LogP contribution in [0.1, 0.15) is 54.4 Å². The Balaban J connectivity index is 1.58. The third-order valence-electron chi connectivity index (χ3n) is 5.94. The number of carbonyl (C=O) groups excluding carboxylic acids is 1. The maximum atomic E-state index is 12.8. The molecule has 0 amide bonds. The molecule has 1 aromatic carbocycles. The molecule has 0 saturated heterocycles. The van der Waals surface area contributed by atoms with Crippen molar-refractivity contribution in [3.8, 4) is 11.5 Å². The second-order valence-corrected chi connectivity index (χ2v) is 10.3. The summed E-state index contributed by atoms with van der Waals surface area (Å²) in [6.07, 6.45) is -5.01. The van der Waals surface area contributed by atoms with Gasteiger partial charge in [0.2, 0.25) is 0 Å². The third-order valence-corrected chi connectivity index (χ3v) is 7.13. The van der Waals surface area contributed by atoms with Gasteiger partial charge in [0.25, 0.3) is 0 Å². The molecule has 4 rings (SSSR count). The zero-order chi connectivity index (χ0) is 29.6. The van der Waals surface area contributed by atoms with Gasteiger partial charge in [0.15, 0.2) is 5.82 Å². The van der Waals surface area contributed by atoms with Crippen LogP contribution in [0.5, 0.6) is 11.5 Å². The van der Waals surface area contributed by atoms with E-state index in [0.717, 1.165) is 66.5 Å². The number of nitrogens with zero attached hydrogens (tertiary/aromatic N) is 2. The number of esters is 1. The predicted molar refractivity (Wildman–Crippen MR) is 137 cm³/mol. The summed E-state index contributed by atoms with van der Waals surface area (Å²) in [7, 11) is 0. The highest BCUT2D eigenvalue weighted by molar-refractivity contribution is 7.19. The van der Waals surface area contributed by atoms with E-state index in [4.69, 9.17) is 9.47 Å². The van der Waals surface area contributed by atoms with Crippen LogP contribution < -0.4 is 14.8 Å². The molecule has 1 N–H and O–H groups in total. The van der Waals surface area contributed by atoms with E-state index in [-0.39, 0.29) is 31.1 Å². The number of fused-ring (bicyclic) bond motifs is 3. The standard InChI is InChI=1S/C26H27F6N3O5S/c1-2-3-8-38-21(36)14-37-13-20-34-23(22-18-6-4-5-7-19(18)41-24(22)35-20)33-12-15-9-16(39-25(27,28)29)11-17(10-15)40-26(30,31)32/h9-11H,2-8,12-14H2,1H3,(H,33,34,35). The van der Waals surface area contributed by atoms with Gasteiger partial charge >= 0.3 is 18.7 Å². The van der Waals surface area contributed by atoms with E-state index >= 15 is 0 Å². The van der Waals surface area contributed by atoms with Gasteiger partial charge in [-0.05, 0) is 55.4 Å². The predicted octanol–water partition coefficient (Wildman–Crippen LogP) is 6.84. The Morgan fingerprint density at radius 1 is 1.00 bits per heavy atom. The Bertz CT molecular complexity index is 1330. The third kappa shape index (κ3) is 9.08. The van der Waals surface area contributed by atoms with E-state index in [9.17, 15) is 31.1 Å². The molecule has 2 heterocycles. The number of rotatable bonds is 12. The Hall–Kier alpha value is -3.33. The number of aryl methyl sites for hydroxylation is 2. The molecule has 1 aliphatic carbocycles. The van der Waals surface area contributed by atoms with Gasteiger partial charge < -0.3 is 24.3 Å². The number of carbonyl (C=O) groups is 1. The Kier molecular flexibility index (Phi) is 9.79. The Morgan fingerprint density at radius 3 is 2.34 bits per heavy atom. The maximum Gasteiger partial charge on any atom is 0.573 e. The van der Waals surface area contributed by atoms with Crippen molar-refractivity contribution < 1.29 is 50.1 Å². The number of hydrogen-bond acceptors (Lipinski definition) is 9. The van der Waals surface area contributed by atoms with Gasteiger partial charge in [-0.25, -0.2) is 14.8 Å². The molecule has 2 aromatic heterocycles. The topological polar surface area (TPSA) is 91.8 Å². The highest BCUT2D eigenvalue weighted by atomic mass is 32.1. The van der Waals surface area contributed by atoms with E-state index in [1.807, 2.05) is 6.92 Å². The van der Waals surface area contributed by atoms with Gasteiger partial charge in [-0.1, -0.05) is 13.3 Å². The van der Waals surface area contributed by atoms with E-state index in [0.29, 0.717) is 23.3 Å². The van der Waals surface area contributed by atoms with Gasteiger partial charge in [0.05, 0.1) is 12.0 Å². The van der Waals surface area contributed by atoms with E-state index < -0.39 is 30.2 Å². The van der Waals surface area contributed by atoms with Crippen molar-refractivity contribution in [2.24, 2.45) is 0 Å². The van der Waals surface area contributed by atoms with Crippen LogP contribution in [0.25, 0.3) is 10.2 Å². The monoisotopic (exact) mass is 607 g/mol. The summed E-state index contributed by atoms with van der Waals surface area (Å²) in [4.78, 5) is 22.7. The number of unbranched alkanes of at least 4 members (excludes halogenated alkanes) is 1. The first-order valence-electron chi connectivity index (χ1n) is 12.8. The molecule has 0 bridgehead atoms. The molecule has 224 valence electrons. The summed E-state index contributed by atoms with van der Waals surface area (Å²) in [5.41, 5.74) is 1.08. The summed E-state index contributed by atoms with van der Waals surface area (Å²) in [6.45, 7) is 1.64. The summed E-state index contributed by atoms with van der Waals surface area (Å²) in [5.74, 6) is -1.66. The minimum Gasteiger partial charge on any atom is -0.464 e. The number of aromatic nitrogens is 2. The smallest absolute Gasteiger partial charge is 0.464 e. The molecule has 0 atom stereocenters. The SMILES string of the molecule is CCCCOC(=O)COCc1nc(NCc2cc(OC(F)(F)F)cc(OC(F)(F)F)c2)c2c3c(sc2n1)CCCC3. The normalized spacial score (nSPS) is 13.6. The van der Waals surface area contributed by atoms with Gasteiger partial charge in [-0.2, -0.15) is 0 Å². The van der Waals surface area contributed by atoms with Crippen LogP contribution in [0.3, 0.4) is 0 Å². The molecular weight excluding hydrogens is 580 g/mol. The molecule has 0 spiro atoms. The second-order valence-electron chi connectivity index (χ2n) is 9.21. The second kappa shape index (κ2) is 13.1. The molecule has 0 radical (unpaired) electrons. The van der Waals surface area contributed by atoms with Crippen LogP contribution in [0.15, 0.2) is 18.2 Å². The van der Waals surface area contributed by atoms with Crippen molar-refractivity contribution in [3.05, 3.63) is 40.0 Å². The zero-order valence-corrected chi connectivity index (χ0v) is 22.7. The molecule has 0 aliphatic heterocycles. The van der Waals surface area contributed by atoms with Crippen LogP contribution in [-0.4, -0.2) is 41.9 Å². The maximum absolute atomic E-state index is 12.8. The number of benzene rings is 1. The number of ether oxygens (including phenoxy) is 4. The lowest BCUT2D eigenvalue weighted by molar-refractivity contribution is -0.276. The summed E-state index contributed by atoms with van der Waals surface area (Å²) < 4.78 is 95.0. The minimum absolute atomic E-state index is 0.0227. The average Bonchev–Trinajstić information content (AvgIpc) is 3.24. The van der Waals surface area contributed by atoms with Gasteiger partial charge in [0, 0.05) is 17.5 Å². The molecule has 0 unspecified atom stereocenters. The van der Waals surface area contributed by atoms with Crippen LogP contribution in [0.2, 0.25) is 0 Å². The van der Waals surface area contributed by atoms with Crippen molar-refractivity contribution in [2.45, 2.75) is 71.3 Å². The van der Waals surface area contributed by atoms with Crippen molar-refractivity contribution in [1.82, 2.24) is 9.97 Å². The lowest BCUT2D eigenvalue weighted by Gasteiger charge is -2.16. The number of alkyl halides is 6. The molecule has 0 fully saturated rings. The van der Waals surface area contributed by atoms with Crippen LogP contribution in [0.4, 0.5) is 32.2 Å². The highest BCUT2D eigenvalue weighted by Crippen LogP contribution is 2.39.